The van der Waals surface area contributed by atoms with Crippen LogP contribution in [-0.2, 0) is 12.7 Å². The first-order valence-electron chi connectivity index (χ1n) is 10.6. The van der Waals surface area contributed by atoms with Crippen LogP contribution in [-0.4, -0.2) is 14.2 Å². The molecule has 0 amide bonds. The van der Waals surface area contributed by atoms with Gasteiger partial charge in [-0.2, -0.15) is 0 Å². The molecule has 0 N–H and O–H groups in total. The van der Waals surface area contributed by atoms with E-state index in [1.165, 1.54) is 0 Å². The summed E-state index contributed by atoms with van der Waals surface area (Å²) >= 11 is 26.8. The first-order valence-corrected chi connectivity index (χ1v) is 14.9. The average molecular weight is 662 g/mol. The summed E-state index contributed by atoms with van der Waals surface area (Å²) in [6.07, 6.45) is 0. The molecule has 0 saturated carbocycles. The monoisotopic (exact) mass is 658 g/mol. The predicted molar refractivity (Wildman–Crippen MR) is 153 cm³/mol. The number of methoxy groups -OCH3 is 2. The summed E-state index contributed by atoms with van der Waals surface area (Å²) in [4.78, 5) is 0. The fourth-order valence-corrected chi connectivity index (χ4v) is 5.49. The Bertz CT molecular complexity index is 1290. The minimum absolute atomic E-state index is 0.390. The molecular formula is C26H18Cl6N2NiO2. The van der Waals surface area contributed by atoms with E-state index in [0.29, 0.717) is 55.6 Å². The molecular weight excluding hydrogens is 644 g/mol. The van der Waals surface area contributed by atoms with Crippen LogP contribution in [0.15, 0.2) is 60.7 Å². The molecule has 4 aromatic rings. The van der Waals surface area contributed by atoms with Crippen LogP contribution in [0.25, 0.3) is 21.4 Å². The van der Waals surface area contributed by atoms with Crippen molar-refractivity contribution in [2.24, 2.45) is 0 Å². The van der Waals surface area contributed by atoms with Crippen molar-refractivity contribution in [3.8, 4) is 11.5 Å². The standard InChI is InChI=1S/C26H18Cl4N2O2.2ClH.Ni/c1-33-14-9-18(27)25(19(28)10-14)31-23-16-7-3-5-13-6-4-8-17(22(13)16)24(23)32-26-20(29)11-15(34-2)12-21(26)30;;;/h3-12,23-24H,1-2H3;2*1H;/q-2;;;+4/p-2. The zero-order chi connectivity index (χ0) is 26.7. The molecule has 0 fully saturated rings. The summed E-state index contributed by atoms with van der Waals surface area (Å²) in [6, 6.07) is 18.3. The van der Waals surface area contributed by atoms with E-state index in [4.69, 9.17) is 86.9 Å². The topological polar surface area (TPSA) is 46.7 Å². The van der Waals surface area contributed by atoms with Crippen LogP contribution in [0.3, 0.4) is 0 Å². The molecule has 11 heteroatoms. The summed E-state index contributed by atoms with van der Waals surface area (Å²) in [5.74, 6) is 1.12. The third-order valence-electron chi connectivity index (χ3n) is 5.89. The van der Waals surface area contributed by atoms with Gasteiger partial charge in [-0.15, -0.1) is 23.5 Å². The van der Waals surface area contributed by atoms with E-state index in [-0.39, 0.29) is 0 Å². The number of halogens is 6. The molecule has 4 aromatic carbocycles. The summed E-state index contributed by atoms with van der Waals surface area (Å²) in [5, 5.41) is 13.8. The van der Waals surface area contributed by atoms with Gasteiger partial charge in [-0.1, -0.05) is 93.9 Å². The van der Waals surface area contributed by atoms with E-state index in [1.807, 2.05) is 12.1 Å². The fraction of sp³-hybridized carbons (Fsp3) is 0.154. The van der Waals surface area contributed by atoms with Crippen molar-refractivity contribution in [3.63, 3.8) is 0 Å². The van der Waals surface area contributed by atoms with Crippen LogP contribution in [0.2, 0.25) is 20.1 Å². The molecule has 0 aromatic heterocycles. The number of rotatable bonds is 6. The molecule has 0 aliphatic heterocycles. The quantitative estimate of drug-likeness (QED) is 0.193. The Morgan fingerprint density at radius 1 is 0.649 bits per heavy atom. The zero-order valence-electron chi connectivity index (χ0n) is 19.2. The van der Waals surface area contributed by atoms with E-state index in [9.17, 15) is 0 Å². The normalized spacial score (nSPS) is 15.8. The van der Waals surface area contributed by atoms with Crippen molar-refractivity contribution in [2.45, 2.75) is 12.1 Å². The second kappa shape index (κ2) is 12.6. The molecule has 0 heterocycles. The van der Waals surface area contributed by atoms with Crippen LogP contribution in [0.4, 0.5) is 11.4 Å². The van der Waals surface area contributed by atoms with Gasteiger partial charge in [0.1, 0.15) is 11.5 Å². The molecule has 0 radical (unpaired) electrons. The predicted octanol–water partition coefficient (Wildman–Crippen LogP) is 11.4. The van der Waals surface area contributed by atoms with Gasteiger partial charge < -0.3 is 20.1 Å². The van der Waals surface area contributed by atoms with Gasteiger partial charge in [-0.3, -0.25) is 0 Å². The molecule has 37 heavy (non-hydrogen) atoms. The van der Waals surface area contributed by atoms with Crippen molar-refractivity contribution in [1.82, 2.24) is 0 Å². The van der Waals surface area contributed by atoms with Gasteiger partial charge in [0.05, 0.1) is 14.2 Å². The molecule has 4 nitrogen and oxygen atoms in total. The fourth-order valence-electron chi connectivity index (χ4n) is 4.36. The van der Waals surface area contributed by atoms with Crippen LogP contribution in [0, 0.1) is 0 Å². The van der Waals surface area contributed by atoms with E-state index < -0.39 is 12.1 Å². The van der Waals surface area contributed by atoms with E-state index >= 15 is 0 Å². The maximum absolute atomic E-state index is 6.55. The van der Waals surface area contributed by atoms with Crippen LogP contribution >= 0.6 is 66.8 Å². The first kappa shape index (κ1) is 28.6. The summed E-state index contributed by atoms with van der Waals surface area (Å²) in [7, 11) is 12.5. The van der Waals surface area contributed by atoms with Gasteiger partial charge in [-0.05, 0) is 35.0 Å². The molecule has 1 aliphatic carbocycles. The number of hydrogen-bond acceptors (Lipinski definition) is 2. The second-order valence-corrected chi connectivity index (χ2v) is 11.1. The Morgan fingerprint density at radius 3 is 1.32 bits per heavy atom. The van der Waals surface area contributed by atoms with E-state index in [2.05, 4.69) is 24.3 Å². The van der Waals surface area contributed by atoms with Gasteiger partial charge in [-0.25, -0.2) is 0 Å². The van der Waals surface area contributed by atoms with Crippen molar-refractivity contribution in [2.75, 3.05) is 14.2 Å². The SMILES string of the molecule is COc1cc(Cl)c([N-]C2c3cccc4cccc(c34)C2[N-]c2c(Cl)cc(OC)cc2Cl)c(Cl)c1.[Cl][Ni+2][Cl]. The van der Waals surface area contributed by atoms with Crippen LogP contribution in [0.5, 0.6) is 11.5 Å². The van der Waals surface area contributed by atoms with Gasteiger partial charge in [0.25, 0.3) is 0 Å². The number of nitrogens with zero attached hydrogens (tertiary/aromatic N) is 2. The maximum atomic E-state index is 6.55. The Morgan fingerprint density at radius 2 is 1.00 bits per heavy atom. The number of ether oxygens (including phenoxy) is 2. The van der Waals surface area contributed by atoms with Gasteiger partial charge >= 0.3 is 33.0 Å². The van der Waals surface area contributed by atoms with Crippen molar-refractivity contribution in [3.05, 3.63) is 103 Å². The third kappa shape index (κ3) is 5.94. The molecule has 0 bridgehead atoms. The number of benzene rings is 4. The van der Waals surface area contributed by atoms with E-state index in [0.717, 1.165) is 21.9 Å². The van der Waals surface area contributed by atoms with Gasteiger partial charge in [0.15, 0.2) is 0 Å². The van der Waals surface area contributed by atoms with Crippen LogP contribution in [0.1, 0.15) is 23.2 Å². The van der Waals surface area contributed by atoms with Gasteiger partial charge in [0.2, 0.25) is 0 Å². The molecule has 5 rings (SSSR count). The molecule has 0 saturated heterocycles. The van der Waals surface area contributed by atoms with E-state index in [1.54, 1.807) is 38.5 Å². The van der Waals surface area contributed by atoms with Crippen molar-refractivity contribution < 1.29 is 22.1 Å². The summed E-state index contributed by atoms with van der Waals surface area (Å²) in [6.45, 7) is 0. The number of hydrogen-bond donors (Lipinski definition) is 0. The zero-order valence-corrected chi connectivity index (χ0v) is 24.7. The van der Waals surface area contributed by atoms with Gasteiger partial charge in [0, 0.05) is 20.1 Å². The Balaban J connectivity index is 0.00000102. The second-order valence-electron chi connectivity index (χ2n) is 7.86. The molecule has 2 unspecified atom stereocenters. The average Bonchev–Trinajstić information content (AvgIpc) is 3.17. The minimum atomic E-state index is -0.390. The Kier molecular flexibility index (Phi) is 9.75. The molecule has 196 valence electrons. The third-order valence-corrected chi connectivity index (χ3v) is 7.05. The molecule has 2 atom stereocenters. The first-order chi connectivity index (χ1) is 17.8. The molecule has 1 aliphatic rings. The Hall–Kier alpha value is -1.43. The summed E-state index contributed by atoms with van der Waals surface area (Å²) < 4.78 is 10.5. The van der Waals surface area contributed by atoms with Crippen molar-refractivity contribution in [1.29, 1.82) is 0 Å². The Labute approximate surface area is 249 Å². The van der Waals surface area contributed by atoms with Crippen LogP contribution < -0.4 is 9.47 Å². The summed E-state index contributed by atoms with van der Waals surface area (Å²) in [5.41, 5.74) is 3.02. The van der Waals surface area contributed by atoms with Crippen molar-refractivity contribution >= 4 is 88.9 Å². The molecule has 0 spiro atoms.